The van der Waals surface area contributed by atoms with E-state index in [2.05, 4.69) is 16.0 Å². The predicted octanol–water partition coefficient (Wildman–Crippen LogP) is 3.57. The number of hydrogen-bond donors (Lipinski definition) is 1. The summed E-state index contributed by atoms with van der Waals surface area (Å²) in [6.07, 6.45) is 2.65. The number of carbonyl (C=O) groups excluding carboxylic acids is 1. The molecule has 0 aliphatic rings. The molecular formula is C20H21N5O2. The van der Waals surface area contributed by atoms with E-state index in [4.69, 9.17) is 10.5 Å². The Bertz CT molecular complexity index is 1100. The average molecular weight is 363 g/mol. The van der Waals surface area contributed by atoms with E-state index in [0.29, 0.717) is 11.3 Å². The fourth-order valence-electron chi connectivity index (χ4n) is 3.24. The number of nitrogens with zero attached hydrogens (tertiary/aromatic N) is 4. The van der Waals surface area contributed by atoms with E-state index in [0.717, 1.165) is 27.6 Å². The zero-order valence-electron chi connectivity index (χ0n) is 16.0. The van der Waals surface area contributed by atoms with Crippen molar-refractivity contribution in [2.45, 2.75) is 33.1 Å². The maximum atomic E-state index is 11.1. The standard InChI is InChI=1S/C20H21N5O2/c1-11-10-25(5)17-13(8-21)6-12(7-14(11)17)16-15(20(2,3)4)9-23-19(24-16)27-18(22)26/h6-7,9-10H,1-5H3,(H2,22,26). The van der Waals surface area contributed by atoms with Gasteiger partial charge in [0.1, 0.15) is 6.07 Å². The van der Waals surface area contributed by atoms with Gasteiger partial charge in [-0.15, -0.1) is 0 Å². The van der Waals surface area contributed by atoms with Crippen LogP contribution in [0.25, 0.3) is 22.2 Å². The number of benzene rings is 1. The first-order valence-corrected chi connectivity index (χ1v) is 8.46. The van der Waals surface area contributed by atoms with Crippen LogP contribution in [-0.2, 0) is 12.5 Å². The molecule has 27 heavy (non-hydrogen) atoms. The lowest BCUT2D eigenvalue weighted by molar-refractivity contribution is 0.207. The third-order valence-electron chi connectivity index (χ3n) is 4.44. The first-order valence-electron chi connectivity index (χ1n) is 8.46. The number of amides is 1. The van der Waals surface area contributed by atoms with Gasteiger partial charge in [0.2, 0.25) is 0 Å². The molecule has 0 saturated carbocycles. The van der Waals surface area contributed by atoms with Crippen molar-refractivity contribution >= 4 is 17.0 Å². The molecule has 0 fully saturated rings. The van der Waals surface area contributed by atoms with Crippen LogP contribution in [0, 0.1) is 18.3 Å². The number of fused-ring (bicyclic) bond motifs is 1. The number of carbonyl (C=O) groups is 1. The molecule has 0 spiro atoms. The average Bonchev–Trinajstić information content (AvgIpc) is 2.87. The lowest BCUT2D eigenvalue weighted by Gasteiger charge is -2.22. The molecule has 2 N–H and O–H groups in total. The summed E-state index contributed by atoms with van der Waals surface area (Å²) >= 11 is 0. The minimum atomic E-state index is -0.975. The topological polar surface area (TPSA) is 107 Å². The monoisotopic (exact) mass is 363 g/mol. The summed E-state index contributed by atoms with van der Waals surface area (Å²) in [4.78, 5) is 19.6. The molecule has 1 aromatic carbocycles. The Labute approximate surface area is 157 Å². The highest BCUT2D eigenvalue weighted by atomic mass is 16.6. The molecule has 2 heterocycles. The summed E-state index contributed by atoms with van der Waals surface area (Å²) in [6, 6.07) is 5.95. The molecule has 0 saturated heterocycles. The molecule has 0 aliphatic heterocycles. The lowest BCUT2D eigenvalue weighted by Crippen LogP contribution is -2.19. The van der Waals surface area contributed by atoms with Gasteiger partial charge in [-0.05, 0) is 30.0 Å². The van der Waals surface area contributed by atoms with Crippen molar-refractivity contribution in [2.24, 2.45) is 12.8 Å². The quantitative estimate of drug-likeness (QED) is 0.749. The summed E-state index contributed by atoms with van der Waals surface area (Å²) in [7, 11) is 1.92. The normalized spacial score (nSPS) is 11.4. The number of rotatable bonds is 2. The second-order valence-corrected chi connectivity index (χ2v) is 7.54. The second kappa shape index (κ2) is 6.40. The van der Waals surface area contributed by atoms with E-state index in [-0.39, 0.29) is 11.4 Å². The van der Waals surface area contributed by atoms with Gasteiger partial charge in [-0.1, -0.05) is 20.8 Å². The highest BCUT2D eigenvalue weighted by Crippen LogP contribution is 2.35. The first-order chi connectivity index (χ1) is 12.6. The van der Waals surface area contributed by atoms with E-state index >= 15 is 0 Å². The van der Waals surface area contributed by atoms with E-state index in [1.54, 1.807) is 12.3 Å². The third kappa shape index (κ3) is 3.34. The number of ether oxygens (including phenoxy) is 1. The van der Waals surface area contributed by atoms with E-state index < -0.39 is 6.09 Å². The molecular weight excluding hydrogens is 342 g/mol. The second-order valence-electron chi connectivity index (χ2n) is 7.54. The molecule has 0 bridgehead atoms. The van der Waals surface area contributed by atoms with Crippen LogP contribution in [0.4, 0.5) is 4.79 Å². The van der Waals surface area contributed by atoms with Crippen molar-refractivity contribution in [3.05, 3.63) is 41.2 Å². The molecule has 3 aromatic rings. The summed E-state index contributed by atoms with van der Waals surface area (Å²) < 4.78 is 6.81. The number of nitrogens with two attached hydrogens (primary N) is 1. The molecule has 3 rings (SSSR count). The summed E-state index contributed by atoms with van der Waals surface area (Å²) in [5.41, 5.74) is 9.56. The molecule has 0 radical (unpaired) electrons. The molecule has 1 amide bonds. The Morgan fingerprint density at radius 2 is 2.04 bits per heavy atom. The maximum Gasteiger partial charge on any atom is 0.412 e. The van der Waals surface area contributed by atoms with Crippen LogP contribution in [-0.4, -0.2) is 20.6 Å². The summed E-state index contributed by atoms with van der Waals surface area (Å²) in [6.45, 7) is 8.13. The maximum absolute atomic E-state index is 11.1. The van der Waals surface area contributed by atoms with Gasteiger partial charge in [0.05, 0.1) is 16.8 Å². The minimum absolute atomic E-state index is 0.117. The smallest absolute Gasteiger partial charge is 0.374 e. The van der Waals surface area contributed by atoms with Crippen LogP contribution in [0.15, 0.2) is 24.5 Å². The Morgan fingerprint density at radius 3 is 2.63 bits per heavy atom. The Hall–Kier alpha value is -3.40. The molecule has 0 unspecified atom stereocenters. The Morgan fingerprint density at radius 1 is 1.33 bits per heavy atom. The van der Waals surface area contributed by atoms with Crippen LogP contribution in [0.2, 0.25) is 0 Å². The van der Waals surface area contributed by atoms with Crippen LogP contribution in [0.3, 0.4) is 0 Å². The van der Waals surface area contributed by atoms with Crippen LogP contribution >= 0.6 is 0 Å². The number of aryl methyl sites for hydroxylation is 2. The Kier molecular flexibility index (Phi) is 4.36. The number of primary amides is 1. The summed E-state index contributed by atoms with van der Waals surface area (Å²) in [5.74, 6) is 0. The molecule has 7 nitrogen and oxygen atoms in total. The van der Waals surface area contributed by atoms with Gasteiger partial charge in [-0.2, -0.15) is 10.2 Å². The zero-order valence-corrected chi connectivity index (χ0v) is 16.0. The number of aromatic nitrogens is 3. The number of nitriles is 1. The lowest BCUT2D eigenvalue weighted by atomic mass is 9.85. The zero-order chi connectivity index (χ0) is 19.9. The molecule has 2 aromatic heterocycles. The van der Waals surface area contributed by atoms with E-state index in [1.165, 1.54) is 0 Å². The van der Waals surface area contributed by atoms with Crippen molar-refractivity contribution in [3.8, 4) is 23.3 Å². The van der Waals surface area contributed by atoms with Crippen LogP contribution in [0.5, 0.6) is 6.01 Å². The fourth-order valence-corrected chi connectivity index (χ4v) is 3.24. The highest BCUT2D eigenvalue weighted by molar-refractivity contribution is 5.93. The van der Waals surface area contributed by atoms with Gasteiger partial charge in [-0.25, -0.2) is 9.78 Å². The predicted molar refractivity (Wildman–Crippen MR) is 102 cm³/mol. The number of hydrogen-bond acceptors (Lipinski definition) is 5. The van der Waals surface area contributed by atoms with Crippen LogP contribution < -0.4 is 10.5 Å². The van der Waals surface area contributed by atoms with Gasteiger partial charge in [0.25, 0.3) is 0 Å². The van der Waals surface area contributed by atoms with Gasteiger partial charge in [0, 0.05) is 36.0 Å². The molecule has 0 aliphatic carbocycles. The largest absolute Gasteiger partial charge is 0.412 e. The van der Waals surface area contributed by atoms with Gasteiger partial charge >= 0.3 is 12.1 Å². The Balaban J connectivity index is 2.33. The van der Waals surface area contributed by atoms with Crippen molar-refractivity contribution in [2.75, 3.05) is 0 Å². The summed E-state index contributed by atoms with van der Waals surface area (Å²) in [5, 5.41) is 10.6. The van der Waals surface area contributed by atoms with Crippen molar-refractivity contribution in [3.63, 3.8) is 0 Å². The fraction of sp³-hybridized carbons (Fsp3) is 0.300. The van der Waals surface area contributed by atoms with Crippen molar-refractivity contribution in [1.82, 2.24) is 14.5 Å². The molecule has 138 valence electrons. The van der Waals surface area contributed by atoms with Gasteiger partial charge in [-0.3, -0.25) is 0 Å². The van der Waals surface area contributed by atoms with Crippen molar-refractivity contribution in [1.29, 1.82) is 5.26 Å². The third-order valence-corrected chi connectivity index (χ3v) is 4.44. The highest BCUT2D eigenvalue weighted by Gasteiger charge is 2.23. The molecule has 0 atom stereocenters. The van der Waals surface area contributed by atoms with E-state index in [9.17, 15) is 10.1 Å². The van der Waals surface area contributed by atoms with Gasteiger partial charge < -0.3 is 15.0 Å². The van der Waals surface area contributed by atoms with Gasteiger partial charge in [0.15, 0.2) is 0 Å². The van der Waals surface area contributed by atoms with E-state index in [1.807, 2.05) is 51.6 Å². The minimum Gasteiger partial charge on any atom is -0.374 e. The first kappa shape index (κ1) is 18.4. The van der Waals surface area contributed by atoms with Crippen LogP contribution in [0.1, 0.15) is 37.5 Å². The van der Waals surface area contributed by atoms with Crippen molar-refractivity contribution < 1.29 is 9.53 Å². The molecule has 7 heteroatoms. The SMILES string of the molecule is Cc1cn(C)c2c(C#N)cc(-c3nc(OC(N)=O)ncc3C(C)(C)C)cc12.